The Morgan fingerprint density at radius 3 is 2.69 bits per heavy atom. The molecular weight excluding hydrogens is 404 g/mol. The van der Waals surface area contributed by atoms with E-state index in [-0.39, 0.29) is 12.0 Å². The number of hydrogen-bond donors (Lipinski definition) is 1. The van der Waals surface area contributed by atoms with Gasteiger partial charge in [-0.1, -0.05) is 12.1 Å². The lowest BCUT2D eigenvalue weighted by Crippen LogP contribution is -2.43. The van der Waals surface area contributed by atoms with Gasteiger partial charge >= 0.3 is 0 Å². The Morgan fingerprint density at radius 2 is 1.94 bits per heavy atom. The fraction of sp³-hybridized carbons (Fsp3) is 0.250. The van der Waals surface area contributed by atoms with E-state index >= 15 is 0 Å². The van der Waals surface area contributed by atoms with Crippen molar-refractivity contribution in [3.8, 4) is 11.1 Å². The maximum atomic E-state index is 13.1. The van der Waals surface area contributed by atoms with Gasteiger partial charge in [-0.25, -0.2) is 9.97 Å². The molecule has 0 radical (unpaired) electrons. The summed E-state index contributed by atoms with van der Waals surface area (Å²) in [5.74, 6) is 0.550. The highest BCUT2D eigenvalue weighted by atomic mass is 16.5. The fourth-order valence-corrected chi connectivity index (χ4v) is 4.03. The molecule has 8 heteroatoms. The van der Waals surface area contributed by atoms with E-state index in [1.165, 1.54) is 0 Å². The van der Waals surface area contributed by atoms with Gasteiger partial charge in [0.2, 0.25) is 5.91 Å². The molecule has 32 heavy (non-hydrogen) atoms. The predicted molar refractivity (Wildman–Crippen MR) is 121 cm³/mol. The molecule has 1 atom stereocenters. The van der Waals surface area contributed by atoms with Gasteiger partial charge in [0.05, 0.1) is 36.7 Å². The van der Waals surface area contributed by atoms with Crippen molar-refractivity contribution in [2.75, 3.05) is 25.4 Å². The molecule has 0 aromatic carbocycles. The molecule has 1 saturated heterocycles. The number of rotatable bonds is 4. The Morgan fingerprint density at radius 1 is 1.12 bits per heavy atom. The SMILES string of the molecule is Cc1nc2ccccn2c1CC(=O)N1CCO[C@@H](c2ccc(-c3ccc(N)nc3)cn2)C1. The number of carbonyl (C=O) groups excluding carboxylic acids is 1. The third kappa shape index (κ3) is 3.92. The molecule has 1 amide bonds. The van der Waals surface area contributed by atoms with Crippen LogP contribution in [-0.2, 0) is 16.0 Å². The van der Waals surface area contributed by atoms with Crippen molar-refractivity contribution < 1.29 is 9.53 Å². The van der Waals surface area contributed by atoms with Crippen molar-refractivity contribution in [3.63, 3.8) is 0 Å². The fourth-order valence-electron chi connectivity index (χ4n) is 4.03. The van der Waals surface area contributed by atoms with Gasteiger partial charge in [-0.15, -0.1) is 0 Å². The first-order chi connectivity index (χ1) is 15.6. The zero-order valence-electron chi connectivity index (χ0n) is 17.8. The first kappa shape index (κ1) is 20.1. The van der Waals surface area contributed by atoms with E-state index in [1.807, 2.05) is 58.8 Å². The number of imidazole rings is 1. The molecule has 0 saturated carbocycles. The van der Waals surface area contributed by atoms with Crippen LogP contribution in [0, 0.1) is 6.92 Å². The minimum absolute atomic E-state index is 0.0663. The summed E-state index contributed by atoms with van der Waals surface area (Å²) in [7, 11) is 0. The Bertz CT molecular complexity index is 1250. The second kappa shape index (κ2) is 8.39. The summed E-state index contributed by atoms with van der Waals surface area (Å²) in [4.78, 5) is 28.2. The number of hydrogen-bond acceptors (Lipinski definition) is 6. The van der Waals surface area contributed by atoms with Gasteiger partial charge in [0.1, 0.15) is 17.6 Å². The van der Waals surface area contributed by atoms with Gasteiger partial charge in [0.25, 0.3) is 0 Å². The van der Waals surface area contributed by atoms with Crippen LogP contribution in [0.1, 0.15) is 23.2 Å². The van der Waals surface area contributed by atoms with E-state index in [0.29, 0.717) is 31.9 Å². The average Bonchev–Trinajstić information content (AvgIpc) is 3.14. The maximum absolute atomic E-state index is 13.1. The topological polar surface area (TPSA) is 98.6 Å². The number of aryl methyl sites for hydroxylation is 1. The number of morpholine rings is 1. The quantitative estimate of drug-likeness (QED) is 0.537. The van der Waals surface area contributed by atoms with Gasteiger partial charge in [0, 0.05) is 36.3 Å². The molecule has 0 bridgehead atoms. The molecule has 8 nitrogen and oxygen atoms in total. The largest absolute Gasteiger partial charge is 0.384 e. The summed E-state index contributed by atoms with van der Waals surface area (Å²) in [5.41, 5.74) is 11.0. The van der Waals surface area contributed by atoms with Crippen LogP contribution in [0.25, 0.3) is 16.8 Å². The van der Waals surface area contributed by atoms with Gasteiger partial charge in [-0.2, -0.15) is 0 Å². The number of fused-ring (bicyclic) bond motifs is 1. The first-order valence-electron chi connectivity index (χ1n) is 10.6. The number of ether oxygens (including phenoxy) is 1. The van der Waals surface area contributed by atoms with E-state index in [1.54, 1.807) is 18.5 Å². The summed E-state index contributed by atoms with van der Waals surface area (Å²) in [6.07, 6.45) is 5.53. The van der Waals surface area contributed by atoms with Crippen LogP contribution in [0.4, 0.5) is 5.82 Å². The highest BCUT2D eigenvalue weighted by molar-refractivity contribution is 5.79. The normalized spacial score (nSPS) is 16.4. The second-order valence-corrected chi connectivity index (χ2v) is 7.89. The third-order valence-electron chi connectivity index (χ3n) is 5.80. The van der Waals surface area contributed by atoms with E-state index in [0.717, 1.165) is 33.9 Å². The summed E-state index contributed by atoms with van der Waals surface area (Å²) < 4.78 is 7.92. The molecule has 4 aromatic heterocycles. The minimum atomic E-state index is -0.255. The van der Waals surface area contributed by atoms with Crippen LogP contribution >= 0.6 is 0 Å². The van der Waals surface area contributed by atoms with Gasteiger partial charge in [0.15, 0.2) is 0 Å². The summed E-state index contributed by atoms with van der Waals surface area (Å²) in [6.45, 7) is 3.47. The van der Waals surface area contributed by atoms with Crippen molar-refractivity contribution in [1.82, 2.24) is 24.3 Å². The number of amides is 1. The van der Waals surface area contributed by atoms with Crippen LogP contribution in [-0.4, -0.2) is 49.9 Å². The van der Waals surface area contributed by atoms with Crippen LogP contribution in [0.2, 0.25) is 0 Å². The van der Waals surface area contributed by atoms with Crippen LogP contribution < -0.4 is 5.73 Å². The van der Waals surface area contributed by atoms with Crippen molar-refractivity contribution >= 4 is 17.4 Å². The van der Waals surface area contributed by atoms with E-state index in [4.69, 9.17) is 10.5 Å². The molecule has 0 spiro atoms. The van der Waals surface area contributed by atoms with Crippen LogP contribution in [0.15, 0.2) is 61.1 Å². The van der Waals surface area contributed by atoms with Crippen molar-refractivity contribution in [2.45, 2.75) is 19.4 Å². The van der Waals surface area contributed by atoms with Crippen molar-refractivity contribution in [2.24, 2.45) is 0 Å². The lowest BCUT2D eigenvalue weighted by molar-refractivity contribution is -0.138. The van der Waals surface area contributed by atoms with Gasteiger partial charge in [-0.05, 0) is 37.3 Å². The Hall–Kier alpha value is -3.78. The zero-order chi connectivity index (χ0) is 22.1. The highest BCUT2D eigenvalue weighted by Gasteiger charge is 2.27. The van der Waals surface area contributed by atoms with Crippen molar-refractivity contribution in [1.29, 1.82) is 0 Å². The smallest absolute Gasteiger partial charge is 0.228 e. The number of anilines is 1. The number of pyridine rings is 3. The van der Waals surface area contributed by atoms with Crippen LogP contribution in [0.3, 0.4) is 0 Å². The molecule has 1 aliphatic rings. The average molecular weight is 428 g/mol. The van der Waals surface area contributed by atoms with E-state index in [2.05, 4.69) is 15.0 Å². The minimum Gasteiger partial charge on any atom is -0.384 e. The molecule has 5 rings (SSSR count). The molecule has 2 N–H and O–H groups in total. The molecule has 4 aromatic rings. The molecule has 162 valence electrons. The summed E-state index contributed by atoms with van der Waals surface area (Å²) in [5, 5.41) is 0. The van der Waals surface area contributed by atoms with Crippen molar-refractivity contribution in [3.05, 3.63) is 78.1 Å². The van der Waals surface area contributed by atoms with Gasteiger partial charge in [-0.3, -0.25) is 9.78 Å². The Kier molecular flexibility index (Phi) is 5.28. The number of nitrogens with two attached hydrogens (primary N) is 1. The Labute approximate surface area is 185 Å². The first-order valence-corrected chi connectivity index (χ1v) is 10.6. The number of aromatic nitrogens is 4. The molecule has 5 heterocycles. The number of carbonyl (C=O) groups is 1. The molecular formula is C24H24N6O2. The predicted octanol–water partition coefficient (Wildman–Crippen LogP) is 2.82. The molecule has 0 aliphatic carbocycles. The molecule has 1 fully saturated rings. The molecule has 1 aliphatic heterocycles. The monoisotopic (exact) mass is 428 g/mol. The van der Waals surface area contributed by atoms with Gasteiger partial charge < -0.3 is 19.8 Å². The third-order valence-corrected chi connectivity index (χ3v) is 5.80. The van der Waals surface area contributed by atoms with E-state index < -0.39 is 0 Å². The standard InChI is InChI=1S/C24H24N6O2/c1-16-20(30-9-3-2-4-23(30)28-16)12-24(31)29-10-11-32-21(15-29)19-7-5-17(13-26-19)18-6-8-22(25)27-14-18/h2-9,13-14,21H,10-12,15H2,1H3,(H2,25,27)/t21-/m1/s1. The molecule has 0 unspecified atom stereocenters. The zero-order valence-corrected chi connectivity index (χ0v) is 17.8. The van der Waals surface area contributed by atoms with Crippen LogP contribution in [0.5, 0.6) is 0 Å². The lowest BCUT2D eigenvalue weighted by atomic mass is 10.1. The van der Waals surface area contributed by atoms with E-state index in [9.17, 15) is 4.79 Å². The summed E-state index contributed by atoms with van der Waals surface area (Å²) in [6, 6.07) is 13.5. The number of nitrogens with zero attached hydrogens (tertiary/aromatic N) is 5. The number of nitrogen functional groups attached to an aromatic ring is 1. The second-order valence-electron chi connectivity index (χ2n) is 7.89. The Balaban J connectivity index is 1.29. The highest BCUT2D eigenvalue weighted by Crippen LogP contribution is 2.25. The lowest BCUT2D eigenvalue weighted by Gasteiger charge is -2.32. The summed E-state index contributed by atoms with van der Waals surface area (Å²) >= 11 is 0. The maximum Gasteiger partial charge on any atom is 0.228 e.